The fraction of sp³-hybridized carbons (Fsp3) is 0.778. The van der Waals surface area contributed by atoms with Crippen LogP contribution in [0.5, 0.6) is 5.75 Å². The van der Waals surface area contributed by atoms with Gasteiger partial charge in [0.25, 0.3) is 0 Å². The van der Waals surface area contributed by atoms with Crippen molar-refractivity contribution in [3.8, 4) is 5.75 Å². The Hall–Kier alpha value is -1.02. The van der Waals surface area contributed by atoms with Gasteiger partial charge in [0.1, 0.15) is 5.75 Å². The lowest BCUT2D eigenvalue weighted by Crippen LogP contribution is -2.27. The molecule has 1 saturated carbocycles. The van der Waals surface area contributed by atoms with Gasteiger partial charge in [-0.1, -0.05) is 99.1 Å². The highest BCUT2D eigenvalue weighted by Crippen LogP contribution is 2.27. The zero-order chi connectivity index (χ0) is 21.7. The van der Waals surface area contributed by atoms with Crippen LogP contribution >= 0.6 is 0 Å². The first-order valence-corrected chi connectivity index (χ1v) is 12.1. The number of benzene rings is 1. The fourth-order valence-corrected chi connectivity index (χ4v) is 3.58. The van der Waals surface area contributed by atoms with Gasteiger partial charge in [-0.2, -0.15) is 0 Å². The molecule has 2 nitrogen and oxygen atoms in total. The molecule has 0 amide bonds. The maximum absolute atomic E-state index is 6.14. The van der Waals surface area contributed by atoms with E-state index in [2.05, 4.69) is 72.7 Å². The van der Waals surface area contributed by atoms with E-state index in [1.54, 1.807) is 0 Å². The first-order valence-electron chi connectivity index (χ1n) is 12.1. The topological polar surface area (TPSA) is 18.5 Å². The normalized spacial score (nSPS) is 16.3. The van der Waals surface area contributed by atoms with Crippen molar-refractivity contribution in [2.24, 2.45) is 17.3 Å². The highest BCUT2D eigenvalue weighted by Gasteiger charge is 2.18. The molecule has 0 spiro atoms. The Balaban J connectivity index is 0.00000132. The summed E-state index contributed by atoms with van der Waals surface area (Å²) in [5.41, 5.74) is 1.76. The summed E-state index contributed by atoms with van der Waals surface area (Å²) in [6.45, 7) is 16.3. The molecule has 1 fully saturated rings. The molecule has 1 unspecified atom stereocenters. The summed E-state index contributed by atoms with van der Waals surface area (Å²) >= 11 is 0. The van der Waals surface area contributed by atoms with Gasteiger partial charge in [0.2, 0.25) is 6.29 Å². The van der Waals surface area contributed by atoms with Crippen LogP contribution in [0.3, 0.4) is 0 Å². The molecule has 0 aromatic heterocycles. The summed E-state index contributed by atoms with van der Waals surface area (Å²) in [4.78, 5) is 0. The predicted octanol–water partition coefficient (Wildman–Crippen LogP) is 8.43. The number of hydrogen-bond acceptors (Lipinski definition) is 2. The molecule has 1 aromatic carbocycles. The Kier molecular flexibility index (Phi) is 12.6. The van der Waals surface area contributed by atoms with E-state index in [1.165, 1.54) is 56.9 Å². The Morgan fingerprint density at radius 2 is 1.55 bits per heavy atom. The minimum atomic E-state index is -0.154. The Morgan fingerprint density at radius 3 is 2.07 bits per heavy atom. The molecule has 1 aromatic rings. The van der Waals surface area contributed by atoms with Crippen LogP contribution < -0.4 is 4.74 Å². The molecule has 0 aliphatic heterocycles. The van der Waals surface area contributed by atoms with Crippen molar-refractivity contribution in [1.29, 1.82) is 0 Å². The predicted molar refractivity (Wildman–Crippen MR) is 127 cm³/mol. The number of ether oxygens (including phenoxy) is 2. The van der Waals surface area contributed by atoms with E-state index < -0.39 is 0 Å². The van der Waals surface area contributed by atoms with E-state index in [1.807, 2.05) is 0 Å². The molecule has 2 rings (SSSR count). The van der Waals surface area contributed by atoms with Gasteiger partial charge in [-0.3, -0.25) is 0 Å². The third kappa shape index (κ3) is 12.3. The van der Waals surface area contributed by atoms with Gasteiger partial charge in [0.05, 0.1) is 6.61 Å². The van der Waals surface area contributed by atoms with Crippen molar-refractivity contribution in [3.05, 3.63) is 29.8 Å². The molecule has 0 saturated heterocycles. The molecule has 0 heterocycles. The summed E-state index contributed by atoms with van der Waals surface area (Å²) in [7, 11) is 0. The van der Waals surface area contributed by atoms with Crippen LogP contribution in [0.2, 0.25) is 0 Å². The van der Waals surface area contributed by atoms with Crippen LogP contribution in [0.25, 0.3) is 0 Å². The van der Waals surface area contributed by atoms with Gasteiger partial charge in [-0.25, -0.2) is 0 Å². The molecule has 1 aliphatic rings. The van der Waals surface area contributed by atoms with Crippen LogP contribution in [-0.4, -0.2) is 12.9 Å². The Labute approximate surface area is 181 Å². The Morgan fingerprint density at radius 1 is 0.966 bits per heavy atom. The van der Waals surface area contributed by atoms with Crippen molar-refractivity contribution in [1.82, 2.24) is 0 Å². The molecule has 0 bridgehead atoms. The van der Waals surface area contributed by atoms with Crippen LogP contribution in [-0.2, 0) is 11.2 Å². The van der Waals surface area contributed by atoms with Crippen molar-refractivity contribution < 1.29 is 9.47 Å². The molecule has 0 radical (unpaired) electrons. The third-order valence-electron chi connectivity index (χ3n) is 5.42. The number of hydrogen-bond donors (Lipinski definition) is 0. The fourth-order valence-electron chi connectivity index (χ4n) is 3.58. The minimum absolute atomic E-state index is 0.154. The second-order valence-electron chi connectivity index (χ2n) is 10.3. The van der Waals surface area contributed by atoms with Crippen LogP contribution in [0.15, 0.2) is 24.3 Å². The van der Waals surface area contributed by atoms with E-state index in [4.69, 9.17) is 9.47 Å². The van der Waals surface area contributed by atoms with E-state index in [0.717, 1.165) is 24.7 Å². The van der Waals surface area contributed by atoms with Crippen molar-refractivity contribution in [2.45, 2.75) is 113 Å². The van der Waals surface area contributed by atoms with E-state index in [9.17, 15) is 0 Å². The van der Waals surface area contributed by atoms with E-state index in [0.29, 0.717) is 11.3 Å². The number of rotatable bonds is 9. The van der Waals surface area contributed by atoms with Crippen LogP contribution in [0.4, 0.5) is 0 Å². The molecule has 0 N–H and O–H groups in total. The summed E-state index contributed by atoms with van der Waals surface area (Å²) in [6.07, 6.45) is 11.6. The lowest BCUT2D eigenvalue weighted by atomic mass is 9.87. The van der Waals surface area contributed by atoms with Gasteiger partial charge in [-0.05, 0) is 48.3 Å². The highest BCUT2D eigenvalue weighted by molar-refractivity contribution is 5.27. The smallest absolute Gasteiger partial charge is 0.202 e. The number of aryl methyl sites for hydroxylation is 1. The second-order valence-corrected chi connectivity index (χ2v) is 10.3. The quantitative estimate of drug-likeness (QED) is 0.384. The monoisotopic (exact) mass is 404 g/mol. The molecule has 1 atom stereocenters. The lowest BCUT2D eigenvalue weighted by molar-refractivity contribution is -0.111. The first kappa shape index (κ1) is 26.0. The van der Waals surface area contributed by atoms with Crippen molar-refractivity contribution >= 4 is 0 Å². The lowest BCUT2D eigenvalue weighted by Gasteiger charge is -2.25. The minimum Gasteiger partial charge on any atom is -0.465 e. The SMILES string of the molecule is CC(C)C(OCCC1CCCCC1)Oc1ccc(CCC(C)(C)C)cc1.CCC. The standard InChI is InChI=1S/C24H40O2.C3H8/c1-19(2)23(25-18-16-20-9-7-6-8-10-20)26-22-13-11-21(12-14-22)15-17-24(3,4)5;1-3-2/h11-14,19-20,23H,6-10,15-18H2,1-5H3;3H2,1-2H3. The Bertz CT molecular complexity index is 506. The second kappa shape index (κ2) is 14.1. The van der Waals surface area contributed by atoms with Gasteiger partial charge in [0.15, 0.2) is 0 Å². The van der Waals surface area contributed by atoms with Crippen molar-refractivity contribution in [2.75, 3.05) is 6.61 Å². The summed E-state index contributed by atoms with van der Waals surface area (Å²) < 4.78 is 12.3. The zero-order valence-electron chi connectivity index (χ0n) is 20.4. The van der Waals surface area contributed by atoms with E-state index in [-0.39, 0.29) is 6.29 Å². The molecular weight excluding hydrogens is 356 g/mol. The van der Waals surface area contributed by atoms with Crippen molar-refractivity contribution in [3.63, 3.8) is 0 Å². The highest BCUT2D eigenvalue weighted by atomic mass is 16.7. The van der Waals surface area contributed by atoms with E-state index >= 15 is 0 Å². The summed E-state index contributed by atoms with van der Waals surface area (Å²) in [5.74, 6) is 2.13. The maximum atomic E-state index is 6.14. The molecular formula is C27H48O2. The largest absolute Gasteiger partial charge is 0.465 e. The third-order valence-corrected chi connectivity index (χ3v) is 5.42. The average molecular weight is 405 g/mol. The summed E-state index contributed by atoms with van der Waals surface area (Å²) in [6, 6.07) is 8.58. The maximum Gasteiger partial charge on any atom is 0.202 e. The molecule has 29 heavy (non-hydrogen) atoms. The first-order chi connectivity index (χ1) is 13.7. The summed E-state index contributed by atoms with van der Waals surface area (Å²) in [5, 5.41) is 0. The molecule has 1 aliphatic carbocycles. The van der Waals surface area contributed by atoms with Gasteiger partial charge < -0.3 is 9.47 Å². The van der Waals surface area contributed by atoms with Gasteiger partial charge in [0, 0.05) is 5.92 Å². The van der Waals surface area contributed by atoms with Gasteiger partial charge in [-0.15, -0.1) is 0 Å². The average Bonchev–Trinajstić information content (AvgIpc) is 2.67. The van der Waals surface area contributed by atoms with Gasteiger partial charge >= 0.3 is 0 Å². The van der Waals surface area contributed by atoms with Crippen LogP contribution in [0, 0.1) is 17.3 Å². The van der Waals surface area contributed by atoms with Crippen LogP contribution in [0.1, 0.15) is 105 Å². The zero-order valence-corrected chi connectivity index (χ0v) is 20.4. The molecule has 2 heteroatoms. The molecule has 168 valence electrons.